The van der Waals surface area contributed by atoms with Crippen LogP contribution in [0.25, 0.3) is 0 Å². The molecule has 40 nitrogen and oxygen atoms in total. The third-order valence-corrected chi connectivity index (χ3v) is 21.7. The summed E-state index contributed by atoms with van der Waals surface area (Å²) >= 11 is 0. The summed E-state index contributed by atoms with van der Waals surface area (Å²) in [6, 6.07) is 7.86. The van der Waals surface area contributed by atoms with Gasteiger partial charge in [0.05, 0.1) is 212 Å². The van der Waals surface area contributed by atoms with Crippen LogP contribution < -0.4 is 37.1 Å². The highest BCUT2D eigenvalue weighted by atomic mass is 16.7. The molecule has 1 unspecified atom stereocenters. The molecule has 4 rings (SSSR count). The van der Waals surface area contributed by atoms with Crippen LogP contribution in [0.4, 0.5) is 10.5 Å². The number of hydrogen-bond acceptors (Lipinski definition) is 31. The maximum atomic E-state index is 15.0. The highest BCUT2D eigenvalue weighted by molar-refractivity contribution is 5.94. The molecule has 2 saturated heterocycles. The zero-order chi connectivity index (χ0) is 94.3. The molecule has 2 aromatic rings. The molecule has 128 heavy (non-hydrogen) atoms. The van der Waals surface area contributed by atoms with Gasteiger partial charge in [-0.05, 0) is 80.0 Å². The average Bonchev–Trinajstić information content (AvgIpc) is 1.27. The standard InChI is InChI=1S/C88H149N9O31/c1-14-60(6)75(69(113-12)56-72(100)97-31-20-24-67(97)80(114-13)61(7)82(105)92-62(8)76(101)64-21-16-15-17-22-64)95(9)85(108)73(58(2)3)94-84(107)74(59(4)5)96(10)88(111)126-57-63-25-26-68(127-87-79(104)77(102)78(103)81(128-87)86(109)110)66(55-63)93-71(99)27-30-91-83(106)65(89)23-18-19-29-90-70(98)28-32-115-35-36-117-39-40-119-43-44-121-47-48-123-51-52-125-54-53-124-50-49-122-46-45-120-42-41-118-38-37-116-34-33-112-11/h15-17,21-22,25-26,55,58-62,65,67,69,73-81,87,101-104H,14,18-20,23-24,27-54,56-57,89H2,1-13H3,(H,90,98)(H,91,106)(H,92,105)(H,93,99)(H,94,107)(H,109,110)/t60-,61+,62+,65-,67-,69?,73-,74-,75-,76+,77-,78-,79+,80+,81-,87+/m0/s1. The number of rotatable bonds is 71. The molecule has 2 aliphatic heterocycles. The highest BCUT2D eigenvalue weighted by Crippen LogP contribution is 2.34. The number of unbranched alkanes of at least 4 members (excludes halogenated alkanes) is 1. The quantitative estimate of drug-likeness (QED) is 0.0423. The number of benzene rings is 2. The second kappa shape index (κ2) is 65.1. The summed E-state index contributed by atoms with van der Waals surface area (Å²) in [5.41, 5.74) is 6.92. The lowest BCUT2D eigenvalue weighted by molar-refractivity contribution is -0.271. The molecule has 0 saturated carbocycles. The van der Waals surface area contributed by atoms with Crippen molar-refractivity contribution in [2.45, 2.75) is 205 Å². The van der Waals surface area contributed by atoms with Crippen LogP contribution in [-0.4, -0.2) is 380 Å². The molecule has 0 aliphatic carbocycles. The molecule has 0 radical (unpaired) electrons. The predicted octanol–water partition coefficient (Wildman–Crippen LogP) is 2.13. The van der Waals surface area contributed by atoms with Gasteiger partial charge in [0, 0.05) is 67.9 Å². The van der Waals surface area contributed by atoms with Crippen LogP contribution in [0.3, 0.4) is 0 Å². The van der Waals surface area contributed by atoms with E-state index in [1.54, 1.807) is 84.9 Å². The number of ether oxygens (including phenoxy) is 17. The molecule has 2 heterocycles. The number of aliphatic hydroxyl groups is 4. The maximum Gasteiger partial charge on any atom is 0.410 e. The summed E-state index contributed by atoms with van der Waals surface area (Å²) in [5.74, 6) is -7.19. The van der Waals surface area contributed by atoms with Crippen molar-refractivity contribution in [2.75, 3.05) is 212 Å². The second-order valence-corrected chi connectivity index (χ2v) is 32.0. The number of hydrogen-bond donors (Lipinski definition) is 11. The minimum Gasteiger partial charge on any atom is -0.479 e. The molecular weight excluding hydrogens is 1680 g/mol. The van der Waals surface area contributed by atoms with Gasteiger partial charge in [0.15, 0.2) is 6.10 Å². The Bertz CT molecular complexity index is 3460. The van der Waals surface area contributed by atoms with Gasteiger partial charge in [-0.3, -0.25) is 38.5 Å². The van der Waals surface area contributed by atoms with Crippen LogP contribution in [0.2, 0.25) is 0 Å². The molecule has 40 heteroatoms. The number of carboxylic acid groups (broad SMARTS) is 1. The number of carbonyl (C=O) groups excluding carboxylic acids is 8. The zero-order valence-electron chi connectivity index (χ0n) is 77.2. The van der Waals surface area contributed by atoms with Crippen LogP contribution in [0, 0.1) is 23.7 Å². The van der Waals surface area contributed by atoms with Crippen molar-refractivity contribution in [1.82, 2.24) is 36.0 Å². The van der Waals surface area contributed by atoms with E-state index in [-0.39, 0.29) is 86.1 Å². The Morgan fingerprint density at radius 3 is 1.61 bits per heavy atom. The van der Waals surface area contributed by atoms with E-state index in [0.717, 1.165) is 4.90 Å². The summed E-state index contributed by atoms with van der Waals surface area (Å²) in [4.78, 5) is 127. The highest BCUT2D eigenvalue weighted by Gasteiger charge is 2.49. The Labute approximate surface area is 753 Å². The topological polar surface area (TPSA) is 508 Å². The fourth-order valence-corrected chi connectivity index (χ4v) is 14.3. The number of aliphatic hydroxyl groups excluding tert-OH is 4. The van der Waals surface area contributed by atoms with Crippen LogP contribution in [0.1, 0.15) is 130 Å². The molecule has 0 bridgehead atoms. The molecule has 12 N–H and O–H groups in total. The predicted molar refractivity (Wildman–Crippen MR) is 466 cm³/mol. The van der Waals surface area contributed by atoms with Crippen LogP contribution >= 0.6 is 0 Å². The number of aliphatic carboxylic acids is 1. The number of carboxylic acids is 1. The molecule has 0 spiro atoms. The Kier molecular flexibility index (Phi) is 57.4. The van der Waals surface area contributed by atoms with Gasteiger partial charge in [-0.15, -0.1) is 0 Å². The van der Waals surface area contributed by atoms with Crippen molar-refractivity contribution in [3.63, 3.8) is 0 Å². The van der Waals surface area contributed by atoms with Gasteiger partial charge < -0.3 is 148 Å². The number of likely N-dealkylation sites (N-methyl/N-ethyl adjacent to an activating group) is 2. The fraction of sp³-hybridized carbons (Fsp3) is 0.761. The van der Waals surface area contributed by atoms with E-state index in [1.165, 1.54) is 44.4 Å². The maximum absolute atomic E-state index is 15.0. The minimum absolute atomic E-state index is 0.125. The number of methoxy groups -OCH3 is 3. The first kappa shape index (κ1) is 113. The smallest absolute Gasteiger partial charge is 0.410 e. The molecule has 2 aromatic carbocycles. The number of likely N-dealkylation sites (tertiary alicyclic amines) is 1. The van der Waals surface area contributed by atoms with Crippen LogP contribution in [-0.2, 0) is 121 Å². The molecule has 16 atom stereocenters. The Hall–Kier alpha value is -7.53. The van der Waals surface area contributed by atoms with Gasteiger partial charge in [0.2, 0.25) is 47.6 Å². The Morgan fingerprint density at radius 1 is 0.586 bits per heavy atom. The molecule has 2 aliphatic rings. The summed E-state index contributed by atoms with van der Waals surface area (Å²) < 4.78 is 94.3. The van der Waals surface area contributed by atoms with E-state index in [2.05, 4.69) is 26.6 Å². The van der Waals surface area contributed by atoms with E-state index in [4.69, 9.17) is 86.3 Å². The normalized spacial score (nSPS) is 18.8. The van der Waals surface area contributed by atoms with Crippen molar-refractivity contribution in [2.24, 2.45) is 29.4 Å². The van der Waals surface area contributed by atoms with Gasteiger partial charge in [0.1, 0.15) is 42.8 Å². The molecular formula is C88H149N9O31. The molecule has 2 fully saturated rings. The molecule has 0 aromatic heterocycles. The van der Waals surface area contributed by atoms with E-state index in [9.17, 15) is 68.7 Å². The Balaban J connectivity index is 1.17. The monoisotopic (exact) mass is 1830 g/mol. The third-order valence-electron chi connectivity index (χ3n) is 21.7. The second-order valence-electron chi connectivity index (χ2n) is 32.0. The number of anilines is 1. The van der Waals surface area contributed by atoms with Gasteiger partial charge in [-0.1, -0.05) is 91.3 Å². The lowest BCUT2D eigenvalue weighted by Gasteiger charge is -2.41. The van der Waals surface area contributed by atoms with E-state index in [0.29, 0.717) is 190 Å². The van der Waals surface area contributed by atoms with Crippen molar-refractivity contribution in [3.8, 4) is 5.75 Å². The summed E-state index contributed by atoms with van der Waals surface area (Å²) in [5, 5.41) is 66.5. The lowest BCUT2D eigenvalue weighted by atomic mass is 9.89. The first-order valence-corrected chi connectivity index (χ1v) is 44.5. The van der Waals surface area contributed by atoms with Crippen LogP contribution in [0.15, 0.2) is 48.5 Å². The van der Waals surface area contributed by atoms with E-state index in [1.807, 2.05) is 19.9 Å². The third kappa shape index (κ3) is 41.9. The van der Waals surface area contributed by atoms with Crippen molar-refractivity contribution in [1.29, 1.82) is 0 Å². The van der Waals surface area contributed by atoms with Crippen molar-refractivity contribution < 1.29 is 149 Å². The Morgan fingerprint density at radius 2 is 1.12 bits per heavy atom. The number of carbonyl (C=O) groups is 9. The minimum atomic E-state index is -2.05. The summed E-state index contributed by atoms with van der Waals surface area (Å²) in [6.45, 7) is 24.2. The zero-order valence-corrected chi connectivity index (χ0v) is 77.2. The van der Waals surface area contributed by atoms with Gasteiger partial charge in [0.25, 0.3) is 0 Å². The largest absolute Gasteiger partial charge is 0.479 e. The number of nitrogens with one attached hydrogen (secondary N) is 5. The van der Waals surface area contributed by atoms with Gasteiger partial charge >= 0.3 is 12.1 Å². The molecule has 732 valence electrons. The SMILES string of the molecule is CC[C@H](C)[C@@H](C(CC(=O)N1CCC[C@H]1[C@H](OC)[C@@H](C)C(=O)N[C@H](C)[C@@H](O)c1ccccc1)OC)N(C)C(=O)[C@@H](NC(=O)[C@H](C(C)C)N(C)C(=O)OCc1ccc(O[C@@H]2O[C@H](C(=O)O)[C@@H](O)[C@H](O)[C@H]2O)c(NC(=O)CCNC(=O)[C@@H](N)CCCCNC(=O)CCOCCOCCOCCOCCOCCOCCOCCOCCOCCOCCOCCOC)c1)C(C)C. The molecule has 8 amide bonds. The fourth-order valence-electron chi connectivity index (χ4n) is 14.3. The van der Waals surface area contributed by atoms with E-state index < -0.39 is 145 Å². The first-order valence-electron chi connectivity index (χ1n) is 44.5. The van der Waals surface area contributed by atoms with Crippen molar-refractivity contribution >= 4 is 59.1 Å². The van der Waals surface area contributed by atoms with Gasteiger partial charge in [-0.25, -0.2) is 9.59 Å². The first-order chi connectivity index (χ1) is 61.4. The van der Waals surface area contributed by atoms with Gasteiger partial charge in [-0.2, -0.15) is 0 Å². The van der Waals surface area contributed by atoms with Crippen molar-refractivity contribution in [3.05, 3.63) is 59.7 Å². The lowest BCUT2D eigenvalue weighted by Crippen LogP contribution is -2.61. The van der Waals surface area contributed by atoms with Crippen LogP contribution in [0.5, 0.6) is 5.75 Å². The summed E-state index contributed by atoms with van der Waals surface area (Å²) in [7, 11) is 7.54. The number of amides is 8. The summed E-state index contributed by atoms with van der Waals surface area (Å²) in [6.07, 6.45) is -10.8. The number of nitrogens with zero attached hydrogens (tertiary/aromatic N) is 3. The van der Waals surface area contributed by atoms with E-state index >= 15 is 0 Å². The average molecular weight is 1830 g/mol. The number of nitrogens with two attached hydrogens (primary N) is 1.